The van der Waals surface area contributed by atoms with Gasteiger partial charge in [0.15, 0.2) is 11.6 Å². The summed E-state index contributed by atoms with van der Waals surface area (Å²) in [6.07, 6.45) is 1.42. The summed E-state index contributed by atoms with van der Waals surface area (Å²) in [6, 6.07) is 24.5. The maximum atomic E-state index is 12.9. The highest BCUT2D eigenvalue weighted by atomic mass is 16.1. The second-order valence-corrected chi connectivity index (χ2v) is 7.54. The van der Waals surface area contributed by atoms with Gasteiger partial charge in [0.2, 0.25) is 0 Å². The second kappa shape index (κ2) is 6.64. The smallest absolute Gasteiger partial charge is 0.168 e. The van der Waals surface area contributed by atoms with Crippen molar-refractivity contribution >= 4 is 28.1 Å². The minimum atomic E-state index is 0.166. The molecule has 0 spiro atoms. The molecule has 0 fully saturated rings. The van der Waals surface area contributed by atoms with Gasteiger partial charge in [-0.25, -0.2) is 4.68 Å². The molecule has 0 radical (unpaired) electrons. The molecular weight excluding hydrogens is 346 g/mol. The summed E-state index contributed by atoms with van der Waals surface area (Å²) in [6.45, 7) is 2.12. The van der Waals surface area contributed by atoms with Gasteiger partial charge in [-0.1, -0.05) is 55.5 Å². The van der Waals surface area contributed by atoms with Gasteiger partial charge in [0, 0.05) is 12.1 Å². The molecule has 138 valence electrons. The second-order valence-electron chi connectivity index (χ2n) is 7.54. The number of nitrogens with zero attached hydrogens (tertiary/aromatic N) is 2. The SMILES string of the molecule is C[C@H]1CC(=O)c2c(Nc3ccc4ccccc4c3)nn(-c3ccccc3)c2C1. The van der Waals surface area contributed by atoms with Crippen molar-refractivity contribution < 1.29 is 4.79 Å². The Balaban J connectivity index is 1.61. The van der Waals surface area contributed by atoms with Crippen molar-refractivity contribution in [2.45, 2.75) is 19.8 Å². The summed E-state index contributed by atoms with van der Waals surface area (Å²) in [5.74, 6) is 1.14. The number of carbonyl (C=O) groups excluding carboxylic acids is 1. The predicted octanol–water partition coefficient (Wildman–Crippen LogP) is 5.53. The number of Topliss-reactive ketones (excluding diaryl/α,β-unsaturated/α-hetero) is 1. The summed E-state index contributed by atoms with van der Waals surface area (Å²) in [5, 5.41) is 10.6. The number of aromatic nitrogens is 2. The lowest BCUT2D eigenvalue weighted by Crippen LogP contribution is -2.19. The molecule has 1 heterocycles. The summed E-state index contributed by atoms with van der Waals surface area (Å²) in [4.78, 5) is 12.9. The molecule has 5 rings (SSSR count). The van der Waals surface area contributed by atoms with E-state index >= 15 is 0 Å². The number of nitrogens with one attached hydrogen (secondary N) is 1. The van der Waals surface area contributed by atoms with Crippen molar-refractivity contribution in [1.82, 2.24) is 9.78 Å². The zero-order valence-electron chi connectivity index (χ0n) is 15.7. The third-order valence-corrected chi connectivity index (χ3v) is 5.35. The lowest BCUT2D eigenvalue weighted by Gasteiger charge is -2.19. The van der Waals surface area contributed by atoms with Crippen LogP contribution < -0.4 is 5.32 Å². The average Bonchev–Trinajstić information content (AvgIpc) is 3.07. The highest BCUT2D eigenvalue weighted by Crippen LogP contribution is 2.34. The minimum Gasteiger partial charge on any atom is -0.338 e. The van der Waals surface area contributed by atoms with E-state index in [0.29, 0.717) is 18.2 Å². The van der Waals surface area contributed by atoms with Crippen molar-refractivity contribution in [3.63, 3.8) is 0 Å². The van der Waals surface area contributed by atoms with E-state index in [2.05, 4.69) is 36.5 Å². The number of ketones is 1. The van der Waals surface area contributed by atoms with Crippen molar-refractivity contribution in [3.05, 3.63) is 84.1 Å². The number of hydrogen-bond donors (Lipinski definition) is 1. The van der Waals surface area contributed by atoms with Crippen LogP contribution in [0.2, 0.25) is 0 Å². The molecule has 4 aromatic rings. The summed E-state index contributed by atoms with van der Waals surface area (Å²) < 4.78 is 1.92. The standard InChI is InChI=1S/C24H21N3O/c1-16-13-21-23(22(28)14-16)24(26-27(21)20-9-3-2-4-10-20)25-19-12-11-17-7-5-6-8-18(17)15-19/h2-12,15-16H,13-14H2,1H3,(H,25,26)/t16-/m1/s1. The Labute approximate surface area is 163 Å². The van der Waals surface area contributed by atoms with Gasteiger partial charge in [-0.2, -0.15) is 0 Å². The molecule has 1 aromatic heterocycles. The van der Waals surface area contributed by atoms with Crippen molar-refractivity contribution in [3.8, 4) is 5.69 Å². The molecule has 1 aliphatic rings. The molecule has 1 aliphatic carbocycles. The van der Waals surface area contributed by atoms with E-state index in [1.54, 1.807) is 0 Å². The van der Waals surface area contributed by atoms with Gasteiger partial charge in [0.1, 0.15) is 0 Å². The van der Waals surface area contributed by atoms with Crippen LogP contribution in [0.4, 0.5) is 11.5 Å². The van der Waals surface area contributed by atoms with Crippen LogP contribution in [0.5, 0.6) is 0 Å². The molecule has 0 saturated heterocycles. The Bertz CT molecular complexity index is 1180. The summed E-state index contributed by atoms with van der Waals surface area (Å²) in [7, 11) is 0. The van der Waals surface area contributed by atoms with Crippen LogP contribution in [0.25, 0.3) is 16.5 Å². The highest BCUT2D eigenvalue weighted by Gasteiger charge is 2.31. The Morgan fingerprint density at radius 2 is 1.68 bits per heavy atom. The first-order valence-electron chi connectivity index (χ1n) is 9.65. The third kappa shape index (κ3) is 2.87. The number of hydrogen-bond acceptors (Lipinski definition) is 3. The quantitative estimate of drug-likeness (QED) is 0.517. The first-order chi connectivity index (χ1) is 13.7. The molecular formula is C24H21N3O. The van der Waals surface area contributed by atoms with Crippen molar-refractivity contribution in [2.24, 2.45) is 5.92 Å². The van der Waals surface area contributed by atoms with Crippen molar-refractivity contribution in [2.75, 3.05) is 5.32 Å². The summed E-state index contributed by atoms with van der Waals surface area (Å²) in [5.41, 5.74) is 3.64. The van der Waals surface area contributed by atoms with Crippen LogP contribution in [-0.2, 0) is 6.42 Å². The number of anilines is 2. The maximum Gasteiger partial charge on any atom is 0.168 e. The molecule has 0 amide bonds. The van der Waals surface area contributed by atoms with Crippen LogP contribution in [0, 0.1) is 5.92 Å². The number of para-hydroxylation sites is 1. The molecule has 0 saturated carbocycles. The predicted molar refractivity (Wildman–Crippen MR) is 113 cm³/mol. The molecule has 1 atom stereocenters. The first-order valence-corrected chi connectivity index (χ1v) is 9.65. The van der Waals surface area contributed by atoms with Gasteiger partial charge in [-0.3, -0.25) is 4.79 Å². The summed E-state index contributed by atoms with van der Waals surface area (Å²) >= 11 is 0. The van der Waals surface area contributed by atoms with Gasteiger partial charge in [0.05, 0.1) is 16.9 Å². The van der Waals surface area contributed by atoms with Crippen LogP contribution in [0.3, 0.4) is 0 Å². The number of fused-ring (bicyclic) bond motifs is 2. The van der Waals surface area contributed by atoms with Gasteiger partial charge in [-0.05, 0) is 47.4 Å². The Morgan fingerprint density at radius 3 is 2.50 bits per heavy atom. The number of rotatable bonds is 3. The van der Waals surface area contributed by atoms with Gasteiger partial charge >= 0.3 is 0 Å². The average molecular weight is 367 g/mol. The molecule has 4 nitrogen and oxygen atoms in total. The van der Waals surface area contributed by atoms with E-state index in [1.807, 2.05) is 53.2 Å². The molecule has 4 heteroatoms. The zero-order valence-corrected chi connectivity index (χ0v) is 15.7. The van der Waals surface area contributed by atoms with Crippen molar-refractivity contribution in [1.29, 1.82) is 0 Å². The van der Waals surface area contributed by atoms with Crippen LogP contribution in [-0.4, -0.2) is 15.6 Å². The maximum absolute atomic E-state index is 12.9. The fraction of sp³-hybridized carbons (Fsp3) is 0.167. The van der Waals surface area contributed by atoms with Crippen LogP contribution in [0.1, 0.15) is 29.4 Å². The Morgan fingerprint density at radius 1 is 0.929 bits per heavy atom. The normalized spacial score (nSPS) is 16.2. The molecule has 3 aromatic carbocycles. The Kier molecular flexibility index (Phi) is 3.97. The van der Waals surface area contributed by atoms with Crippen LogP contribution in [0.15, 0.2) is 72.8 Å². The molecule has 0 unspecified atom stereocenters. The topological polar surface area (TPSA) is 46.9 Å². The minimum absolute atomic E-state index is 0.166. The zero-order chi connectivity index (χ0) is 19.1. The lowest BCUT2D eigenvalue weighted by molar-refractivity contribution is 0.0953. The largest absolute Gasteiger partial charge is 0.338 e. The fourth-order valence-electron chi connectivity index (χ4n) is 4.03. The molecule has 0 aliphatic heterocycles. The molecule has 0 bridgehead atoms. The monoisotopic (exact) mass is 367 g/mol. The Hall–Kier alpha value is -3.40. The van der Waals surface area contributed by atoms with E-state index in [1.165, 1.54) is 5.39 Å². The van der Waals surface area contributed by atoms with E-state index < -0.39 is 0 Å². The third-order valence-electron chi connectivity index (χ3n) is 5.35. The van der Waals surface area contributed by atoms with E-state index in [-0.39, 0.29) is 5.78 Å². The van der Waals surface area contributed by atoms with E-state index in [9.17, 15) is 4.79 Å². The number of carbonyl (C=O) groups is 1. The van der Waals surface area contributed by atoms with Gasteiger partial charge < -0.3 is 5.32 Å². The molecule has 28 heavy (non-hydrogen) atoms. The van der Waals surface area contributed by atoms with E-state index in [0.717, 1.165) is 34.4 Å². The fourth-order valence-corrected chi connectivity index (χ4v) is 4.03. The van der Waals surface area contributed by atoms with Gasteiger partial charge in [-0.15, -0.1) is 5.10 Å². The lowest BCUT2D eigenvalue weighted by atomic mass is 9.87. The van der Waals surface area contributed by atoms with Crippen LogP contribution >= 0.6 is 0 Å². The highest BCUT2D eigenvalue weighted by molar-refractivity contribution is 6.03. The van der Waals surface area contributed by atoms with E-state index in [4.69, 9.17) is 5.10 Å². The number of benzene rings is 3. The van der Waals surface area contributed by atoms with Gasteiger partial charge in [0.25, 0.3) is 0 Å². The first kappa shape index (κ1) is 16.8. The molecule has 1 N–H and O–H groups in total.